The maximum Gasteiger partial charge on any atom is 0.252 e. The van der Waals surface area contributed by atoms with Crippen LogP contribution in [0, 0.1) is 17.8 Å². The van der Waals surface area contributed by atoms with Gasteiger partial charge in [-0.15, -0.1) is 23.1 Å². The average Bonchev–Trinajstić information content (AvgIpc) is 3.49. The van der Waals surface area contributed by atoms with E-state index in [9.17, 15) is 9.59 Å². The maximum atomic E-state index is 12.6. The van der Waals surface area contributed by atoms with Crippen LogP contribution in [-0.4, -0.2) is 23.6 Å². The lowest BCUT2D eigenvalue weighted by Gasteiger charge is -2.28. The topological polar surface area (TPSA) is 58.2 Å². The van der Waals surface area contributed by atoms with E-state index >= 15 is 0 Å². The summed E-state index contributed by atoms with van der Waals surface area (Å²) in [5.41, 5.74) is 0.628. The zero-order valence-corrected chi connectivity index (χ0v) is 18.4. The third kappa shape index (κ3) is 5.04. The molecule has 2 saturated carbocycles. The molecule has 1 heterocycles. The SMILES string of the molecule is C[C@H](NC(=O)CSc1ccccc1C(=O)NCc1cccs1)[C@@H]1C[C@H]2CC[C@H]1C2. The van der Waals surface area contributed by atoms with Gasteiger partial charge in [-0.25, -0.2) is 0 Å². The molecule has 0 aliphatic heterocycles. The van der Waals surface area contributed by atoms with Crippen LogP contribution in [0.25, 0.3) is 0 Å². The Bertz CT molecular complexity index is 852. The first-order valence-corrected chi connectivity index (χ1v) is 12.3. The van der Waals surface area contributed by atoms with Gasteiger partial charge >= 0.3 is 0 Å². The van der Waals surface area contributed by atoms with Gasteiger partial charge in [0.1, 0.15) is 0 Å². The van der Waals surface area contributed by atoms with E-state index in [1.165, 1.54) is 37.4 Å². The number of nitrogens with one attached hydrogen (secondary N) is 2. The first-order chi connectivity index (χ1) is 14.1. The number of carbonyl (C=O) groups excluding carboxylic acids is 2. The van der Waals surface area contributed by atoms with Gasteiger partial charge in [0.25, 0.3) is 5.91 Å². The van der Waals surface area contributed by atoms with Crippen molar-refractivity contribution in [2.75, 3.05) is 5.75 Å². The smallest absolute Gasteiger partial charge is 0.252 e. The first-order valence-electron chi connectivity index (χ1n) is 10.4. The van der Waals surface area contributed by atoms with Crippen LogP contribution in [0.3, 0.4) is 0 Å². The Morgan fingerprint density at radius 2 is 2.03 bits per heavy atom. The van der Waals surface area contributed by atoms with E-state index < -0.39 is 0 Å². The Morgan fingerprint density at radius 3 is 2.76 bits per heavy atom. The fraction of sp³-hybridized carbons (Fsp3) is 0.478. The molecule has 154 valence electrons. The van der Waals surface area contributed by atoms with Crippen LogP contribution < -0.4 is 10.6 Å². The summed E-state index contributed by atoms with van der Waals surface area (Å²) in [7, 11) is 0. The van der Waals surface area contributed by atoms with E-state index in [1.54, 1.807) is 11.3 Å². The molecule has 0 saturated heterocycles. The monoisotopic (exact) mass is 428 g/mol. The van der Waals surface area contributed by atoms with E-state index in [-0.39, 0.29) is 17.9 Å². The lowest BCUT2D eigenvalue weighted by atomic mass is 9.84. The van der Waals surface area contributed by atoms with Gasteiger partial charge in [-0.3, -0.25) is 9.59 Å². The number of thiophene rings is 1. The molecule has 2 amide bonds. The fourth-order valence-corrected chi connectivity index (χ4v) is 6.41. The van der Waals surface area contributed by atoms with Crippen LogP contribution in [0.4, 0.5) is 0 Å². The molecule has 2 aromatic rings. The summed E-state index contributed by atoms with van der Waals surface area (Å²) >= 11 is 3.06. The molecule has 0 radical (unpaired) electrons. The Hall–Kier alpha value is -1.79. The maximum absolute atomic E-state index is 12.6. The number of benzene rings is 1. The number of rotatable bonds is 8. The largest absolute Gasteiger partial charge is 0.353 e. The Labute approximate surface area is 180 Å². The highest BCUT2D eigenvalue weighted by Crippen LogP contribution is 2.49. The highest BCUT2D eigenvalue weighted by molar-refractivity contribution is 8.00. The molecule has 2 aliphatic carbocycles. The van der Waals surface area contributed by atoms with Crippen molar-refractivity contribution in [2.45, 2.75) is 50.1 Å². The van der Waals surface area contributed by atoms with Crippen molar-refractivity contribution in [3.8, 4) is 0 Å². The Kier molecular flexibility index (Phi) is 6.60. The molecule has 1 aromatic heterocycles. The predicted molar refractivity (Wildman–Crippen MR) is 119 cm³/mol. The average molecular weight is 429 g/mol. The van der Waals surface area contributed by atoms with E-state index in [0.29, 0.717) is 23.8 Å². The first kappa shape index (κ1) is 20.5. The standard InChI is InChI=1S/C23H28N2O2S2/c1-15(20-12-16-8-9-17(20)11-16)25-22(26)14-29-21-7-3-2-6-19(21)23(27)24-13-18-5-4-10-28-18/h2-7,10,15-17,20H,8-9,11-14H2,1H3,(H,24,27)(H,25,26)/t15-,16-,17-,20-/m0/s1. The van der Waals surface area contributed by atoms with Crippen LogP contribution >= 0.6 is 23.1 Å². The minimum atomic E-state index is -0.0998. The molecule has 6 heteroatoms. The van der Waals surface area contributed by atoms with Crippen LogP contribution in [0.2, 0.25) is 0 Å². The summed E-state index contributed by atoms with van der Waals surface area (Å²) < 4.78 is 0. The van der Waals surface area contributed by atoms with Crippen molar-refractivity contribution in [3.05, 3.63) is 52.2 Å². The molecule has 0 unspecified atom stereocenters. The third-order valence-electron chi connectivity index (χ3n) is 6.32. The van der Waals surface area contributed by atoms with E-state index in [0.717, 1.165) is 21.6 Å². The number of hydrogen-bond acceptors (Lipinski definition) is 4. The molecule has 4 atom stereocenters. The predicted octanol–water partition coefficient (Wildman–Crippen LogP) is 4.71. The van der Waals surface area contributed by atoms with Crippen LogP contribution in [0.1, 0.15) is 47.8 Å². The summed E-state index contributed by atoms with van der Waals surface area (Å²) in [6, 6.07) is 11.7. The number of fused-ring (bicyclic) bond motifs is 2. The van der Waals surface area contributed by atoms with Gasteiger partial charge in [0, 0.05) is 15.8 Å². The van der Waals surface area contributed by atoms with Gasteiger partial charge in [-0.05, 0) is 67.5 Å². The molecule has 2 fully saturated rings. The number of carbonyl (C=O) groups is 2. The molecular weight excluding hydrogens is 400 g/mol. The molecule has 2 aliphatic rings. The second-order valence-corrected chi connectivity index (χ2v) is 10.3. The molecule has 4 nitrogen and oxygen atoms in total. The summed E-state index contributed by atoms with van der Waals surface area (Å²) in [4.78, 5) is 27.1. The quantitative estimate of drug-likeness (QED) is 0.599. The molecule has 0 spiro atoms. The fourth-order valence-electron chi connectivity index (χ4n) is 4.91. The Balaban J connectivity index is 1.29. The second-order valence-electron chi connectivity index (χ2n) is 8.24. The minimum Gasteiger partial charge on any atom is -0.353 e. The van der Waals surface area contributed by atoms with Gasteiger partial charge in [-0.1, -0.05) is 24.6 Å². The van der Waals surface area contributed by atoms with Gasteiger partial charge in [0.05, 0.1) is 17.9 Å². The lowest BCUT2D eigenvalue weighted by molar-refractivity contribution is -0.119. The minimum absolute atomic E-state index is 0.0547. The summed E-state index contributed by atoms with van der Waals surface area (Å²) in [6.45, 7) is 2.68. The molecule has 29 heavy (non-hydrogen) atoms. The van der Waals surface area contributed by atoms with Crippen LogP contribution in [0.15, 0.2) is 46.7 Å². The summed E-state index contributed by atoms with van der Waals surface area (Å²) in [5.74, 6) is 2.61. The van der Waals surface area contributed by atoms with Crippen molar-refractivity contribution in [2.24, 2.45) is 17.8 Å². The van der Waals surface area contributed by atoms with E-state index in [1.807, 2.05) is 41.8 Å². The lowest BCUT2D eigenvalue weighted by Crippen LogP contribution is -2.40. The highest BCUT2D eigenvalue weighted by atomic mass is 32.2. The van der Waals surface area contributed by atoms with Crippen molar-refractivity contribution in [3.63, 3.8) is 0 Å². The van der Waals surface area contributed by atoms with Gasteiger partial charge < -0.3 is 10.6 Å². The van der Waals surface area contributed by atoms with E-state index in [2.05, 4.69) is 17.6 Å². The highest BCUT2D eigenvalue weighted by Gasteiger charge is 2.42. The van der Waals surface area contributed by atoms with Crippen LogP contribution in [-0.2, 0) is 11.3 Å². The normalized spacial score (nSPS) is 23.7. The third-order valence-corrected chi connectivity index (χ3v) is 8.27. The Morgan fingerprint density at radius 1 is 1.17 bits per heavy atom. The number of thioether (sulfide) groups is 1. The molecule has 4 rings (SSSR count). The molecule has 1 aromatic carbocycles. The van der Waals surface area contributed by atoms with Gasteiger partial charge in [0.2, 0.25) is 5.91 Å². The zero-order valence-electron chi connectivity index (χ0n) is 16.7. The zero-order chi connectivity index (χ0) is 20.2. The van der Waals surface area contributed by atoms with Crippen molar-refractivity contribution >= 4 is 34.9 Å². The van der Waals surface area contributed by atoms with Crippen molar-refractivity contribution in [1.29, 1.82) is 0 Å². The van der Waals surface area contributed by atoms with E-state index in [4.69, 9.17) is 0 Å². The van der Waals surface area contributed by atoms with Crippen molar-refractivity contribution in [1.82, 2.24) is 10.6 Å². The molecular formula is C23H28N2O2S2. The summed E-state index contributed by atoms with van der Waals surface area (Å²) in [6.07, 6.45) is 5.33. The molecule has 2 N–H and O–H groups in total. The second kappa shape index (κ2) is 9.35. The van der Waals surface area contributed by atoms with Crippen LogP contribution in [0.5, 0.6) is 0 Å². The van der Waals surface area contributed by atoms with Crippen molar-refractivity contribution < 1.29 is 9.59 Å². The van der Waals surface area contributed by atoms with Gasteiger partial charge in [-0.2, -0.15) is 0 Å². The summed E-state index contributed by atoms with van der Waals surface area (Å²) in [5, 5.41) is 8.18. The molecule has 2 bridgehead atoms. The van der Waals surface area contributed by atoms with Gasteiger partial charge in [0.15, 0.2) is 0 Å². The number of amides is 2. The number of hydrogen-bond donors (Lipinski definition) is 2.